The number of methoxy groups -OCH3 is 1. The highest BCUT2D eigenvalue weighted by molar-refractivity contribution is 9.10. The third-order valence-corrected chi connectivity index (χ3v) is 5.00. The molecule has 2 aromatic carbocycles. The highest BCUT2D eigenvalue weighted by Crippen LogP contribution is 2.27. The van der Waals surface area contributed by atoms with Crippen LogP contribution in [-0.2, 0) is 16.6 Å². The Kier molecular flexibility index (Phi) is 5.03. The molecule has 0 spiro atoms. The number of rotatable bonds is 5. The normalized spacial score (nSPS) is 11.4. The fraction of sp³-hybridized carbons (Fsp3) is 0.200. The molecule has 0 aromatic heterocycles. The van der Waals surface area contributed by atoms with Gasteiger partial charge in [0.1, 0.15) is 5.75 Å². The maximum absolute atomic E-state index is 12.3. The zero-order chi connectivity index (χ0) is 15.5. The topological polar surface area (TPSA) is 55.4 Å². The summed E-state index contributed by atoms with van der Waals surface area (Å²) in [7, 11) is -2.02. The van der Waals surface area contributed by atoms with Crippen molar-refractivity contribution in [3.63, 3.8) is 0 Å². The molecule has 1 N–H and O–H groups in total. The second kappa shape index (κ2) is 6.60. The first-order valence-corrected chi connectivity index (χ1v) is 8.59. The highest BCUT2D eigenvalue weighted by Gasteiger charge is 2.15. The molecule has 2 aromatic rings. The van der Waals surface area contributed by atoms with Crippen LogP contribution in [0.5, 0.6) is 5.75 Å². The van der Waals surface area contributed by atoms with Gasteiger partial charge in [-0.15, -0.1) is 0 Å². The molecule has 0 unspecified atom stereocenters. The van der Waals surface area contributed by atoms with E-state index in [4.69, 9.17) is 4.74 Å². The molecule has 4 nitrogen and oxygen atoms in total. The van der Waals surface area contributed by atoms with E-state index >= 15 is 0 Å². The molecule has 0 bridgehead atoms. The van der Waals surface area contributed by atoms with Gasteiger partial charge in [-0.25, -0.2) is 13.1 Å². The Hall–Kier alpha value is -1.37. The van der Waals surface area contributed by atoms with E-state index in [-0.39, 0.29) is 11.4 Å². The van der Waals surface area contributed by atoms with Crippen LogP contribution in [0, 0.1) is 6.92 Å². The number of halogens is 1. The number of aryl methyl sites for hydroxylation is 1. The van der Waals surface area contributed by atoms with E-state index in [2.05, 4.69) is 20.7 Å². The van der Waals surface area contributed by atoms with Crippen molar-refractivity contribution in [2.45, 2.75) is 18.4 Å². The molecule has 0 aliphatic heterocycles. The average Bonchev–Trinajstić information content (AvgIpc) is 2.45. The van der Waals surface area contributed by atoms with Crippen molar-refractivity contribution in [1.82, 2.24) is 4.72 Å². The van der Waals surface area contributed by atoms with Gasteiger partial charge in [0.2, 0.25) is 10.0 Å². The Balaban J connectivity index is 2.17. The largest absolute Gasteiger partial charge is 0.496 e. The van der Waals surface area contributed by atoms with Crippen LogP contribution < -0.4 is 9.46 Å². The number of hydrogen-bond donors (Lipinski definition) is 1. The van der Waals surface area contributed by atoms with Crippen molar-refractivity contribution in [2.75, 3.05) is 7.11 Å². The SMILES string of the molecule is COc1ccc(S(=O)(=O)NCc2cccc(C)c2)cc1Br. The predicted octanol–water partition coefficient (Wildman–Crippen LogP) is 3.24. The summed E-state index contributed by atoms with van der Waals surface area (Å²) in [6.45, 7) is 2.23. The Morgan fingerprint density at radius 3 is 2.57 bits per heavy atom. The van der Waals surface area contributed by atoms with Crippen molar-refractivity contribution in [3.05, 3.63) is 58.1 Å². The molecular formula is C15H16BrNO3S. The molecule has 0 saturated carbocycles. The van der Waals surface area contributed by atoms with E-state index in [0.717, 1.165) is 11.1 Å². The van der Waals surface area contributed by atoms with Crippen LogP contribution in [0.25, 0.3) is 0 Å². The molecular weight excluding hydrogens is 354 g/mol. The van der Waals surface area contributed by atoms with Gasteiger partial charge in [-0.1, -0.05) is 29.8 Å². The fourth-order valence-corrected chi connectivity index (χ4v) is 3.63. The van der Waals surface area contributed by atoms with E-state index in [1.165, 1.54) is 19.2 Å². The van der Waals surface area contributed by atoms with E-state index in [0.29, 0.717) is 10.2 Å². The van der Waals surface area contributed by atoms with Crippen LogP contribution >= 0.6 is 15.9 Å². The molecule has 21 heavy (non-hydrogen) atoms. The second-order valence-electron chi connectivity index (χ2n) is 4.61. The van der Waals surface area contributed by atoms with Crippen LogP contribution in [0.15, 0.2) is 51.8 Å². The minimum absolute atomic E-state index is 0.197. The first-order valence-electron chi connectivity index (χ1n) is 6.31. The number of benzene rings is 2. The van der Waals surface area contributed by atoms with E-state index in [1.54, 1.807) is 6.07 Å². The lowest BCUT2D eigenvalue weighted by Gasteiger charge is -2.09. The summed E-state index contributed by atoms with van der Waals surface area (Å²) in [5.74, 6) is 0.590. The summed E-state index contributed by atoms with van der Waals surface area (Å²) in [6.07, 6.45) is 0. The zero-order valence-electron chi connectivity index (χ0n) is 11.8. The van der Waals surface area contributed by atoms with Crippen LogP contribution in [0.3, 0.4) is 0 Å². The second-order valence-corrected chi connectivity index (χ2v) is 7.23. The minimum Gasteiger partial charge on any atom is -0.496 e. The van der Waals surface area contributed by atoms with Crippen LogP contribution in [-0.4, -0.2) is 15.5 Å². The molecule has 0 heterocycles. The molecule has 0 amide bonds. The summed E-state index contributed by atoms with van der Waals surface area (Å²) in [5.41, 5.74) is 2.02. The quantitative estimate of drug-likeness (QED) is 0.879. The Bertz CT molecular complexity index is 744. The lowest BCUT2D eigenvalue weighted by molar-refractivity contribution is 0.411. The molecule has 112 valence electrons. The lowest BCUT2D eigenvalue weighted by atomic mass is 10.1. The molecule has 0 fully saturated rings. The molecule has 0 radical (unpaired) electrons. The van der Waals surface area contributed by atoms with E-state index < -0.39 is 10.0 Å². The van der Waals surface area contributed by atoms with Gasteiger partial charge < -0.3 is 4.74 Å². The number of hydrogen-bond acceptors (Lipinski definition) is 3. The molecule has 0 atom stereocenters. The number of nitrogens with one attached hydrogen (secondary N) is 1. The average molecular weight is 370 g/mol. The minimum atomic E-state index is -3.55. The first-order chi connectivity index (χ1) is 9.92. The van der Waals surface area contributed by atoms with Crippen LogP contribution in [0.1, 0.15) is 11.1 Å². The van der Waals surface area contributed by atoms with Gasteiger partial charge in [0.05, 0.1) is 16.5 Å². The molecule has 0 aliphatic rings. The molecule has 2 rings (SSSR count). The highest BCUT2D eigenvalue weighted by atomic mass is 79.9. The van der Waals surface area contributed by atoms with Gasteiger partial charge in [-0.3, -0.25) is 0 Å². The van der Waals surface area contributed by atoms with Crippen molar-refractivity contribution >= 4 is 26.0 Å². The van der Waals surface area contributed by atoms with Gasteiger partial charge in [0.25, 0.3) is 0 Å². The first kappa shape index (κ1) is 16.0. The van der Waals surface area contributed by atoms with Gasteiger partial charge in [-0.05, 0) is 46.6 Å². The predicted molar refractivity (Wildman–Crippen MR) is 85.9 cm³/mol. The van der Waals surface area contributed by atoms with Crippen molar-refractivity contribution < 1.29 is 13.2 Å². The van der Waals surface area contributed by atoms with Gasteiger partial charge in [0, 0.05) is 6.54 Å². The number of ether oxygens (including phenoxy) is 1. The van der Waals surface area contributed by atoms with Gasteiger partial charge in [-0.2, -0.15) is 0 Å². The van der Waals surface area contributed by atoms with Crippen molar-refractivity contribution in [1.29, 1.82) is 0 Å². The third-order valence-electron chi connectivity index (χ3n) is 2.98. The monoisotopic (exact) mass is 369 g/mol. The third kappa shape index (κ3) is 4.06. The summed E-state index contributed by atoms with van der Waals surface area (Å²) < 4.78 is 32.8. The maximum atomic E-state index is 12.3. The summed E-state index contributed by atoms with van der Waals surface area (Å²) >= 11 is 3.29. The standard InChI is InChI=1S/C15H16BrNO3S/c1-11-4-3-5-12(8-11)10-17-21(18,19)13-6-7-15(20-2)14(16)9-13/h3-9,17H,10H2,1-2H3. The van der Waals surface area contributed by atoms with E-state index in [1.807, 2.05) is 31.2 Å². The Labute approximate surface area is 133 Å². The number of sulfonamides is 1. The molecule has 6 heteroatoms. The lowest BCUT2D eigenvalue weighted by Crippen LogP contribution is -2.23. The summed E-state index contributed by atoms with van der Waals surface area (Å²) in [6, 6.07) is 12.4. The zero-order valence-corrected chi connectivity index (χ0v) is 14.2. The Morgan fingerprint density at radius 1 is 1.19 bits per heavy atom. The van der Waals surface area contributed by atoms with Crippen molar-refractivity contribution in [3.8, 4) is 5.75 Å². The maximum Gasteiger partial charge on any atom is 0.240 e. The van der Waals surface area contributed by atoms with Gasteiger partial charge >= 0.3 is 0 Å². The molecule has 0 aliphatic carbocycles. The fourth-order valence-electron chi connectivity index (χ4n) is 1.90. The van der Waals surface area contributed by atoms with Gasteiger partial charge in [0.15, 0.2) is 0 Å². The van der Waals surface area contributed by atoms with Crippen LogP contribution in [0.2, 0.25) is 0 Å². The Morgan fingerprint density at radius 2 is 1.95 bits per heavy atom. The summed E-state index contributed by atoms with van der Waals surface area (Å²) in [5, 5.41) is 0. The van der Waals surface area contributed by atoms with Crippen LogP contribution in [0.4, 0.5) is 0 Å². The van der Waals surface area contributed by atoms with Crippen molar-refractivity contribution in [2.24, 2.45) is 0 Å². The van der Waals surface area contributed by atoms with E-state index in [9.17, 15) is 8.42 Å². The smallest absolute Gasteiger partial charge is 0.240 e. The molecule has 0 saturated heterocycles. The summed E-state index contributed by atoms with van der Waals surface area (Å²) in [4.78, 5) is 0.197.